The molecule has 0 aromatic rings. The van der Waals surface area contributed by atoms with Gasteiger partial charge in [0.1, 0.15) is 0 Å². The number of hydrogen-bond acceptors (Lipinski definition) is 3. The molecule has 2 N–H and O–H groups in total. The van der Waals surface area contributed by atoms with Crippen molar-refractivity contribution in [2.45, 2.75) is 32.8 Å². The third kappa shape index (κ3) is 7.98. The lowest BCUT2D eigenvalue weighted by molar-refractivity contribution is 0.0110. The van der Waals surface area contributed by atoms with Crippen molar-refractivity contribution in [2.75, 3.05) is 26.4 Å². The van der Waals surface area contributed by atoms with Gasteiger partial charge in [0.2, 0.25) is 0 Å². The Kier molecular flexibility index (Phi) is 8.88. The van der Waals surface area contributed by atoms with Crippen molar-refractivity contribution in [1.29, 1.82) is 0 Å². The molecule has 0 amide bonds. The SMILES string of the molecule is CCC(C)OCCOCCCN. The topological polar surface area (TPSA) is 44.5 Å². The zero-order chi connectivity index (χ0) is 9.23. The van der Waals surface area contributed by atoms with E-state index in [9.17, 15) is 0 Å². The number of hydrogen-bond donors (Lipinski definition) is 1. The van der Waals surface area contributed by atoms with Crippen LogP contribution in [-0.4, -0.2) is 32.5 Å². The molecular weight excluding hydrogens is 154 g/mol. The molecule has 0 aromatic carbocycles. The van der Waals surface area contributed by atoms with Gasteiger partial charge in [-0.25, -0.2) is 0 Å². The third-order valence-electron chi connectivity index (χ3n) is 1.70. The van der Waals surface area contributed by atoms with Crippen molar-refractivity contribution < 1.29 is 9.47 Å². The van der Waals surface area contributed by atoms with Crippen LogP contribution >= 0.6 is 0 Å². The molecule has 3 nitrogen and oxygen atoms in total. The van der Waals surface area contributed by atoms with Gasteiger partial charge in [-0.3, -0.25) is 0 Å². The Morgan fingerprint density at radius 3 is 2.58 bits per heavy atom. The van der Waals surface area contributed by atoms with Crippen LogP contribution in [0.1, 0.15) is 26.7 Å². The Balaban J connectivity index is 2.90. The number of nitrogens with two attached hydrogens (primary N) is 1. The molecule has 0 aliphatic rings. The standard InChI is InChI=1S/C9H21NO2/c1-3-9(2)12-8-7-11-6-4-5-10/h9H,3-8,10H2,1-2H3. The molecule has 0 radical (unpaired) electrons. The first-order valence-electron chi connectivity index (χ1n) is 4.70. The van der Waals surface area contributed by atoms with Crippen LogP contribution in [-0.2, 0) is 9.47 Å². The van der Waals surface area contributed by atoms with Crippen LogP contribution in [0.2, 0.25) is 0 Å². The molecule has 0 rings (SSSR count). The largest absolute Gasteiger partial charge is 0.379 e. The summed E-state index contributed by atoms with van der Waals surface area (Å²) in [6.45, 7) is 7.01. The van der Waals surface area contributed by atoms with Crippen molar-refractivity contribution in [2.24, 2.45) is 5.73 Å². The molecule has 74 valence electrons. The fourth-order valence-corrected chi connectivity index (χ4v) is 0.714. The van der Waals surface area contributed by atoms with Gasteiger partial charge in [-0.15, -0.1) is 0 Å². The van der Waals surface area contributed by atoms with Gasteiger partial charge >= 0.3 is 0 Å². The summed E-state index contributed by atoms with van der Waals surface area (Å²) >= 11 is 0. The van der Waals surface area contributed by atoms with Crippen molar-refractivity contribution in [3.63, 3.8) is 0 Å². The Morgan fingerprint density at radius 2 is 2.00 bits per heavy atom. The van der Waals surface area contributed by atoms with E-state index >= 15 is 0 Å². The lowest BCUT2D eigenvalue weighted by Crippen LogP contribution is -2.13. The lowest BCUT2D eigenvalue weighted by atomic mass is 10.3. The van der Waals surface area contributed by atoms with Crippen LogP contribution in [0.25, 0.3) is 0 Å². The van der Waals surface area contributed by atoms with E-state index in [1.807, 2.05) is 0 Å². The fraction of sp³-hybridized carbons (Fsp3) is 1.00. The first kappa shape index (κ1) is 11.9. The summed E-state index contributed by atoms with van der Waals surface area (Å²) in [5, 5.41) is 0. The predicted molar refractivity (Wildman–Crippen MR) is 50.2 cm³/mol. The highest BCUT2D eigenvalue weighted by molar-refractivity contribution is 4.43. The minimum atomic E-state index is 0.350. The maximum absolute atomic E-state index is 5.42. The normalized spacial score (nSPS) is 13.2. The minimum absolute atomic E-state index is 0.350. The van der Waals surface area contributed by atoms with E-state index in [1.165, 1.54) is 0 Å². The molecule has 0 aromatic heterocycles. The second-order valence-electron chi connectivity index (χ2n) is 2.84. The van der Waals surface area contributed by atoms with Gasteiger partial charge in [0, 0.05) is 6.61 Å². The van der Waals surface area contributed by atoms with E-state index in [4.69, 9.17) is 15.2 Å². The molecule has 0 spiro atoms. The van der Waals surface area contributed by atoms with E-state index in [1.54, 1.807) is 0 Å². The average Bonchev–Trinajstić information content (AvgIpc) is 2.10. The zero-order valence-electron chi connectivity index (χ0n) is 8.21. The minimum Gasteiger partial charge on any atom is -0.379 e. The van der Waals surface area contributed by atoms with Crippen molar-refractivity contribution in [3.05, 3.63) is 0 Å². The second kappa shape index (κ2) is 8.97. The first-order chi connectivity index (χ1) is 5.81. The van der Waals surface area contributed by atoms with Crippen molar-refractivity contribution in [1.82, 2.24) is 0 Å². The third-order valence-corrected chi connectivity index (χ3v) is 1.70. The van der Waals surface area contributed by atoms with Gasteiger partial charge in [0.05, 0.1) is 19.3 Å². The Morgan fingerprint density at radius 1 is 1.25 bits per heavy atom. The van der Waals surface area contributed by atoms with Crippen LogP contribution in [0.15, 0.2) is 0 Å². The summed E-state index contributed by atoms with van der Waals surface area (Å²) in [7, 11) is 0. The molecular formula is C9H21NO2. The molecule has 0 saturated heterocycles. The van der Waals surface area contributed by atoms with Gasteiger partial charge in [-0.1, -0.05) is 6.92 Å². The maximum Gasteiger partial charge on any atom is 0.0704 e. The summed E-state index contributed by atoms with van der Waals surface area (Å²) < 4.78 is 10.7. The summed E-state index contributed by atoms with van der Waals surface area (Å²) in [5.74, 6) is 0. The predicted octanol–water partition coefficient (Wildman–Crippen LogP) is 1.17. The number of ether oxygens (including phenoxy) is 2. The van der Waals surface area contributed by atoms with Gasteiger partial charge in [0.15, 0.2) is 0 Å². The monoisotopic (exact) mass is 175 g/mol. The molecule has 12 heavy (non-hydrogen) atoms. The average molecular weight is 175 g/mol. The number of rotatable bonds is 8. The van der Waals surface area contributed by atoms with E-state index in [-0.39, 0.29) is 0 Å². The van der Waals surface area contributed by atoms with Crippen LogP contribution in [0, 0.1) is 0 Å². The summed E-state index contributed by atoms with van der Waals surface area (Å²) in [6.07, 6.45) is 2.34. The highest BCUT2D eigenvalue weighted by Crippen LogP contribution is 1.94. The van der Waals surface area contributed by atoms with E-state index in [0.717, 1.165) is 19.4 Å². The van der Waals surface area contributed by atoms with E-state index in [0.29, 0.717) is 25.9 Å². The second-order valence-corrected chi connectivity index (χ2v) is 2.84. The Labute approximate surface area is 75.2 Å². The molecule has 0 aliphatic heterocycles. The Bertz CT molecular complexity index is 88.6. The fourth-order valence-electron chi connectivity index (χ4n) is 0.714. The van der Waals surface area contributed by atoms with Gasteiger partial charge < -0.3 is 15.2 Å². The van der Waals surface area contributed by atoms with E-state index in [2.05, 4.69) is 13.8 Å². The van der Waals surface area contributed by atoms with Crippen LogP contribution in [0.4, 0.5) is 0 Å². The summed E-state index contributed by atoms with van der Waals surface area (Å²) in [5.41, 5.74) is 5.30. The Hall–Kier alpha value is -0.120. The van der Waals surface area contributed by atoms with Crippen molar-refractivity contribution >= 4 is 0 Å². The molecule has 1 atom stereocenters. The molecule has 1 unspecified atom stereocenters. The van der Waals surface area contributed by atoms with Gasteiger partial charge in [-0.05, 0) is 26.3 Å². The van der Waals surface area contributed by atoms with Crippen LogP contribution in [0.5, 0.6) is 0 Å². The van der Waals surface area contributed by atoms with E-state index < -0.39 is 0 Å². The molecule has 0 fully saturated rings. The van der Waals surface area contributed by atoms with Crippen molar-refractivity contribution in [3.8, 4) is 0 Å². The molecule has 0 saturated carbocycles. The van der Waals surface area contributed by atoms with Gasteiger partial charge in [0.25, 0.3) is 0 Å². The highest BCUT2D eigenvalue weighted by atomic mass is 16.5. The van der Waals surface area contributed by atoms with Crippen LogP contribution in [0.3, 0.4) is 0 Å². The van der Waals surface area contributed by atoms with Gasteiger partial charge in [-0.2, -0.15) is 0 Å². The molecule has 0 aliphatic carbocycles. The maximum atomic E-state index is 5.42. The molecule has 3 heteroatoms. The first-order valence-corrected chi connectivity index (χ1v) is 4.70. The molecule has 0 heterocycles. The smallest absolute Gasteiger partial charge is 0.0704 e. The summed E-state index contributed by atoms with van der Waals surface area (Å²) in [4.78, 5) is 0. The van der Waals surface area contributed by atoms with Crippen LogP contribution < -0.4 is 5.73 Å². The molecule has 0 bridgehead atoms. The highest BCUT2D eigenvalue weighted by Gasteiger charge is 1.96. The summed E-state index contributed by atoms with van der Waals surface area (Å²) in [6, 6.07) is 0. The zero-order valence-corrected chi connectivity index (χ0v) is 8.21. The quantitative estimate of drug-likeness (QED) is 0.563. The lowest BCUT2D eigenvalue weighted by Gasteiger charge is -2.10.